The molecule has 2 aromatic heterocycles. The van der Waals surface area contributed by atoms with Crippen LogP contribution in [-0.4, -0.2) is 60.4 Å². The molecular formula is C23H29FN8O. The first kappa shape index (κ1) is 24.0. The number of rotatable bonds is 11. The molecule has 0 saturated heterocycles. The number of aryl methyl sites for hydroxylation is 1. The first-order valence-corrected chi connectivity index (χ1v) is 10.5. The number of hydrazone groups is 1. The number of anilines is 4. The Hall–Kier alpha value is -3.63. The van der Waals surface area contributed by atoms with Crippen LogP contribution in [0.2, 0.25) is 0 Å². The van der Waals surface area contributed by atoms with Crippen LogP contribution >= 0.6 is 0 Å². The number of pyridine rings is 1. The monoisotopic (exact) mass is 452 g/mol. The van der Waals surface area contributed by atoms with Crippen LogP contribution in [0.1, 0.15) is 16.8 Å². The molecule has 3 rings (SSSR count). The zero-order valence-electron chi connectivity index (χ0n) is 19.3. The van der Waals surface area contributed by atoms with E-state index in [0.29, 0.717) is 18.8 Å². The molecule has 174 valence electrons. The van der Waals surface area contributed by atoms with E-state index in [1.54, 1.807) is 13.3 Å². The number of nitrogens with one attached hydrogen (secondary N) is 3. The largest absolute Gasteiger partial charge is 0.383 e. The quantitative estimate of drug-likeness (QED) is 0.230. The van der Waals surface area contributed by atoms with E-state index < -0.39 is 5.82 Å². The molecule has 0 unspecified atom stereocenters. The first-order chi connectivity index (χ1) is 15.9. The van der Waals surface area contributed by atoms with Crippen LogP contribution < -0.4 is 16.1 Å². The van der Waals surface area contributed by atoms with E-state index in [4.69, 9.17) is 4.74 Å². The van der Waals surface area contributed by atoms with Crippen molar-refractivity contribution in [2.45, 2.75) is 13.5 Å². The lowest BCUT2D eigenvalue weighted by Gasteiger charge is -2.14. The lowest BCUT2D eigenvalue weighted by atomic mass is 10.1. The maximum atomic E-state index is 13.8. The summed E-state index contributed by atoms with van der Waals surface area (Å²) in [7, 11) is 5.69. The van der Waals surface area contributed by atoms with Crippen molar-refractivity contribution in [3.05, 3.63) is 65.4 Å². The van der Waals surface area contributed by atoms with Crippen LogP contribution in [0.4, 0.5) is 27.5 Å². The number of hydrogen-bond donors (Lipinski definition) is 3. The number of nitrogens with zero attached hydrogens (tertiary/aromatic N) is 5. The molecule has 3 aromatic rings. The van der Waals surface area contributed by atoms with Crippen molar-refractivity contribution >= 4 is 29.4 Å². The summed E-state index contributed by atoms with van der Waals surface area (Å²) in [5.74, 6) is -0.301. The predicted octanol–water partition coefficient (Wildman–Crippen LogP) is 3.63. The molecule has 0 amide bonds. The molecule has 2 heterocycles. The average Bonchev–Trinajstić information content (AvgIpc) is 2.79. The fourth-order valence-electron chi connectivity index (χ4n) is 2.99. The number of halogens is 1. The van der Waals surface area contributed by atoms with Crippen LogP contribution in [0.25, 0.3) is 0 Å². The highest BCUT2D eigenvalue weighted by Crippen LogP contribution is 2.20. The highest BCUT2D eigenvalue weighted by Gasteiger charge is 2.06. The Morgan fingerprint density at radius 1 is 1.12 bits per heavy atom. The minimum absolute atomic E-state index is 0.0817. The van der Waals surface area contributed by atoms with E-state index in [1.807, 2.05) is 12.1 Å². The minimum Gasteiger partial charge on any atom is -0.383 e. The number of hydrogen-bond acceptors (Lipinski definition) is 9. The van der Waals surface area contributed by atoms with Gasteiger partial charge in [0.05, 0.1) is 36.6 Å². The molecular weight excluding hydrogens is 423 g/mol. The summed E-state index contributed by atoms with van der Waals surface area (Å²) in [5, 5.41) is 10.3. The Labute approximate surface area is 193 Å². The lowest BCUT2D eigenvalue weighted by molar-refractivity contribution is 0.210. The second-order valence-corrected chi connectivity index (χ2v) is 7.66. The Morgan fingerprint density at radius 2 is 1.94 bits per heavy atom. The van der Waals surface area contributed by atoms with Gasteiger partial charge in [-0.2, -0.15) is 10.1 Å². The summed E-state index contributed by atoms with van der Waals surface area (Å²) in [4.78, 5) is 14.5. The number of methoxy groups -OCH3 is 1. The average molecular weight is 453 g/mol. The molecule has 0 atom stereocenters. The Bertz CT molecular complexity index is 1070. The molecule has 9 nitrogen and oxygen atoms in total. The summed E-state index contributed by atoms with van der Waals surface area (Å²) >= 11 is 0. The summed E-state index contributed by atoms with van der Waals surface area (Å²) in [6.07, 6.45) is 4.35. The molecule has 0 aliphatic carbocycles. The van der Waals surface area contributed by atoms with Gasteiger partial charge in [-0.05, 0) is 56.4 Å². The van der Waals surface area contributed by atoms with Gasteiger partial charge < -0.3 is 20.3 Å². The van der Waals surface area contributed by atoms with Gasteiger partial charge in [-0.3, -0.25) is 4.98 Å². The fourth-order valence-corrected chi connectivity index (χ4v) is 2.99. The van der Waals surface area contributed by atoms with Gasteiger partial charge in [-0.15, -0.1) is 0 Å². The van der Waals surface area contributed by atoms with Crippen molar-refractivity contribution < 1.29 is 9.13 Å². The topological polar surface area (TPSA) is 99.6 Å². The number of benzene rings is 1. The van der Waals surface area contributed by atoms with Crippen molar-refractivity contribution in [1.82, 2.24) is 19.9 Å². The van der Waals surface area contributed by atoms with Gasteiger partial charge in [0.2, 0.25) is 5.95 Å². The molecule has 10 heteroatoms. The highest BCUT2D eigenvalue weighted by atomic mass is 19.1. The van der Waals surface area contributed by atoms with Crippen LogP contribution in [0.15, 0.2) is 47.8 Å². The van der Waals surface area contributed by atoms with Gasteiger partial charge in [0.1, 0.15) is 0 Å². The zero-order chi connectivity index (χ0) is 23.6. The van der Waals surface area contributed by atoms with E-state index in [0.717, 1.165) is 24.1 Å². The lowest BCUT2D eigenvalue weighted by Crippen LogP contribution is -2.11. The molecule has 3 N–H and O–H groups in total. The second-order valence-electron chi connectivity index (χ2n) is 7.66. The van der Waals surface area contributed by atoms with E-state index in [2.05, 4.69) is 80.2 Å². The summed E-state index contributed by atoms with van der Waals surface area (Å²) in [6, 6.07) is 10.1. The summed E-state index contributed by atoms with van der Waals surface area (Å²) in [5.41, 5.74) is 7.73. The molecule has 0 saturated carbocycles. The second kappa shape index (κ2) is 11.8. The normalized spacial score (nSPS) is 11.2. The van der Waals surface area contributed by atoms with Gasteiger partial charge in [-0.25, -0.2) is 14.8 Å². The van der Waals surface area contributed by atoms with Crippen LogP contribution in [0, 0.1) is 12.7 Å². The molecule has 0 aliphatic heterocycles. The zero-order valence-corrected chi connectivity index (χ0v) is 19.3. The van der Waals surface area contributed by atoms with Crippen LogP contribution in [0.3, 0.4) is 0 Å². The molecule has 0 fully saturated rings. The Kier molecular flexibility index (Phi) is 8.62. The molecule has 0 aliphatic rings. The molecule has 0 radical (unpaired) electrons. The van der Waals surface area contributed by atoms with Gasteiger partial charge in [0, 0.05) is 25.9 Å². The van der Waals surface area contributed by atoms with Gasteiger partial charge in [-0.1, -0.05) is 6.07 Å². The molecule has 0 bridgehead atoms. The van der Waals surface area contributed by atoms with E-state index in [1.165, 1.54) is 17.3 Å². The smallest absolute Gasteiger partial charge is 0.245 e. The van der Waals surface area contributed by atoms with Crippen molar-refractivity contribution in [1.29, 1.82) is 0 Å². The minimum atomic E-state index is -0.548. The Morgan fingerprint density at radius 3 is 2.64 bits per heavy atom. The van der Waals surface area contributed by atoms with Crippen molar-refractivity contribution in [3.63, 3.8) is 0 Å². The Balaban J connectivity index is 1.56. The SMILES string of the molecule is COCCNc1nc(N/N=C/c2ccc(Nc3ccc(CN(C)C)c(C)c3)cn2)ncc1F. The van der Waals surface area contributed by atoms with E-state index in [9.17, 15) is 4.39 Å². The number of aromatic nitrogens is 3. The van der Waals surface area contributed by atoms with Gasteiger partial charge >= 0.3 is 0 Å². The fraction of sp³-hybridized carbons (Fsp3) is 0.304. The molecule has 1 aromatic carbocycles. The van der Waals surface area contributed by atoms with Crippen molar-refractivity contribution in [3.8, 4) is 0 Å². The summed E-state index contributed by atoms with van der Waals surface area (Å²) in [6.45, 7) is 3.88. The molecule has 33 heavy (non-hydrogen) atoms. The van der Waals surface area contributed by atoms with Crippen molar-refractivity contribution in [2.75, 3.05) is 50.4 Å². The van der Waals surface area contributed by atoms with Gasteiger partial charge in [0.25, 0.3) is 0 Å². The molecule has 0 spiro atoms. The highest BCUT2D eigenvalue weighted by molar-refractivity contribution is 5.78. The van der Waals surface area contributed by atoms with Gasteiger partial charge in [0.15, 0.2) is 11.6 Å². The van der Waals surface area contributed by atoms with E-state index in [-0.39, 0.29) is 11.8 Å². The van der Waals surface area contributed by atoms with Crippen LogP contribution in [0.5, 0.6) is 0 Å². The standard InChI is InChI=1S/C23H29FN8O/c1-16-11-18(6-5-17(16)15-32(2)3)29-20-8-7-19(26-12-20)13-28-31-23-27-14-21(24)22(30-23)25-9-10-33-4/h5-8,11-14,29H,9-10,15H2,1-4H3,(H2,25,27,30,31)/b28-13+. The maximum absolute atomic E-state index is 13.8. The third-order valence-electron chi connectivity index (χ3n) is 4.61. The third-order valence-corrected chi connectivity index (χ3v) is 4.61. The van der Waals surface area contributed by atoms with Crippen LogP contribution in [-0.2, 0) is 11.3 Å². The van der Waals surface area contributed by atoms with Crippen molar-refractivity contribution in [2.24, 2.45) is 5.10 Å². The predicted molar refractivity (Wildman–Crippen MR) is 130 cm³/mol. The third kappa shape index (κ3) is 7.48. The summed E-state index contributed by atoms with van der Waals surface area (Å²) < 4.78 is 18.7. The van der Waals surface area contributed by atoms with E-state index >= 15 is 0 Å². The first-order valence-electron chi connectivity index (χ1n) is 10.5. The number of ether oxygens (including phenoxy) is 1. The maximum Gasteiger partial charge on any atom is 0.245 e.